The fourth-order valence-electron chi connectivity index (χ4n) is 3.50. The summed E-state index contributed by atoms with van der Waals surface area (Å²) in [6, 6.07) is 5.58. The number of nitrogens with one attached hydrogen (secondary N) is 1. The number of amides is 2. The third kappa shape index (κ3) is 4.00. The number of carbonyl (C=O) groups excluding carboxylic acids is 2. The molecule has 2 aromatic rings. The fraction of sp³-hybridized carbons (Fsp3) is 0.474. The van der Waals surface area contributed by atoms with Crippen LogP contribution in [-0.4, -0.2) is 40.0 Å². The second-order valence-electron chi connectivity index (χ2n) is 7.16. The molecule has 27 heavy (non-hydrogen) atoms. The van der Waals surface area contributed by atoms with Crippen LogP contribution >= 0.6 is 11.3 Å². The van der Waals surface area contributed by atoms with E-state index < -0.39 is 0 Å². The second-order valence-corrected chi connectivity index (χ2v) is 8.17. The molecule has 1 aromatic carbocycles. The first kappa shape index (κ1) is 18.0. The lowest BCUT2D eigenvalue weighted by Gasteiger charge is -2.36. The van der Waals surface area contributed by atoms with Crippen molar-refractivity contribution >= 4 is 28.8 Å². The van der Waals surface area contributed by atoms with Crippen LogP contribution < -0.4 is 5.32 Å². The molecular formula is C19H21FN4O2S. The van der Waals surface area contributed by atoms with Crippen molar-refractivity contribution < 1.29 is 14.0 Å². The van der Waals surface area contributed by atoms with Crippen molar-refractivity contribution in [2.45, 2.75) is 38.0 Å². The number of likely N-dealkylation sites (tertiary alicyclic amines) is 1. The number of hydrogen-bond acceptors (Lipinski definition) is 5. The minimum atomic E-state index is -0.358. The van der Waals surface area contributed by atoms with E-state index in [-0.39, 0.29) is 34.5 Å². The summed E-state index contributed by atoms with van der Waals surface area (Å²) in [5.74, 6) is -0.110. The Labute approximate surface area is 160 Å². The summed E-state index contributed by atoms with van der Waals surface area (Å²) in [5, 5.41) is 12.0. The molecule has 142 valence electrons. The highest BCUT2D eigenvalue weighted by molar-refractivity contribution is 7.13. The number of anilines is 1. The molecule has 1 atom stereocenters. The number of hydrogen-bond donors (Lipinski definition) is 1. The molecule has 1 saturated carbocycles. The monoisotopic (exact) mass is 388 g/mol. The van der Waals surface area contributed by atoms with E-state index in [2.05, 4.69) is 15.5 Å². The van der Waals surface area contributed by atoms with E-state index in [1.165, 1.54) is 35.6 Å². The van der Waals surface area contributed by atoms with Crippen molar-refractivity contribution in [2.75, 3.05) is 18.4 Å². The van der Waals surface area contributed by atoms with E-state index in [0.29, 0.717) is 12.2 Å². The number of aromatic nitrogens is 2. The highest BCUT2D eigenvalue weighted by atomic mass is 32.1. The lowest BCUT2D eigenvalue weighted by atomic mass is 9.83. The lowest BCUT2D eigenvalue weighted by Crippen LogP contribution is -2.44. The number of carbonyl (C=O) groups is 2. The molecule has 2 heterocycles. The van der Waals surface area contributed by atoms with Crippen LogP contribution in [-0.2, 0) is 4.79 Å². The van der Waals surface area contributed by atoms with Crippen LogP contribution in [0.4, 0.5) is 10.1 Å². The van der Waals surface area contributed by atoms with Crippen molar-refractivity contribution in [2.24, 2.45) is 5.92 Å². The zero-order chi connectivity index (χ0) is 18.8. The first-order valence-corrected chi connectivity index (χ1v) is 10.1. The fourth-order valence-corrected chi connectivity index (χ4v) is 4.37. The molecule has 0 bridgehead atoms. The molecule has 1 saturated heterocycles. The van der Waals surface area contributed by atoms with Crippen molar-refractivity contribution in [1.82, 2.24) is 15.1 Å². The van der Waals surface area contributed by atoms with Gasteiger partial charge in [0.1, 0.15) is 10.8 Å². The van der Waals surface area contributed by atoms with Gasteiger partial charge in [-0.25, -0.2) is 4.39 Å². The molecule has 0 unspecified atom stereocenters. The summed E-state index contributed by atoms with van der Waals surface area (Å²) in [7, 11) is 0. The Kier molecular flexibility index (Phi) is 5.15. The van der Waals surface area contributed by atoms with E-state index in [9.17, 15) is 14.0 Å². The van der Waals surface area contributed by atoms with Crippen LogP contribution in [0.25, 0.3) is 0 Å². The summed E-state index contributed by atoms with van der Waals surface area (Å²) >= 11 is 1.27. The number of halogens is 1. The van der Waals surface area contributed by atoms with E-state index in [4.69, 9.17) is 0 Å². The number of piperidine rings is 1. The Hall–Kier alpha value is -2.35. The first-order valence-electron chi connectivity index (χ1n) is 9.29. The van der Waals surface area contributed by atoms with Gasteiger partial charge in [0.2, 0.25) is 10.9 Å². The number of nitrogens with zero attached hydrogens (tertiary/aromatic N) is 3. The van der Waals surface area contributed by atoms with Crippen LogP contribution in [0.2, 0.25) is 0 Å². The van der Waals surface area contributed by atoms with Gasteiger partial charge in [0, 0.05) is 30.6 Å². The minimum absolute atomic E-state index is 0.132. The molecule has 8 heteroatoms. The highest BCUT2D eigenvalue weighted by Crippen LogP contribution is 2.33. The van der Waals surface area contributed by atoms with Gasteiger partial charge >= 0.3 is 0 Å². The van der Waals surface area contributed by atoms with Gasteiger partial charge in [-0.1, -0.05) is 17.8 Å². The van der Waals surface area contributed by atoms with E-state index in [1.807, 2.05) is 4.90 Å². The normalized spacial score (nSPS) is 20.2. The van der Waals surface area contributed by atoms with Crippen molar-refractivity contribution in [3.05, 3.63) is 40.1 Å². The smallest absolute Gasteiger partial charge is 0.286 e. The summed E-state index contributed by atoms with van der Waals surface area (Å²) in [6.07, 6.45) is 5.05. The van der Waals surface area contributed by atoms with Crippen LogP contribution in [0.5, 0.6) is 0 Å². The van der Waals surface area contributed by atoms with Crippen LogP contribution in [0.1, 0.15) is 52.8 Å². The van der Waals surface area contributed by atoms with Gasteiger partial charge < -0.3 is 10.2 Å². The highest BCUT2D eigenvalue weighted by Gasteiger charge is 2.33. The Morgan fingerprint density at radius 1 is 1.11 bits per heavy atom. The van der Waals surface area contributed by atoms with Crippen molar-refractivity contribution in [3.63, 3.8) is 0 Å². The Morgan fingerprint density at radius 3 is 2.59 bits per heavy atom. The maximum atomic E-state index is 13.0. The quantitative estimate of drug-likeness (QED) is 0.871. The lowest BCUT2D eigenvalue weighted by molar-refractivity contribution is -0.139. The van der Waals surface area contributed by atoms with Gasteiger partial charge in [-0.05, 0) is 49.9 Å². The van der Waals surface area contributed by atoms with Gasteiger partial charge in [0.15, 0.2) is 0 Å². The van der Waals surface area contributed by atoms with Crippen LogP contribution in [0.3, 0.4) is 0 Å². The third-order valence-electron chi connectivity index (χ3n) is 5.27. The molecule has 1 aliphatic heterocycles. The standard InChI is InChI=1S/C19H21FN4O2S/c20-14-6-8-15(9-7-14)21-16(25)18-23-22-17(27-18)13-5-2-10-24(11-13)19(26)12-3-1-4-12/h6-9,12-13H,1-5,10-11H2,(H,21,25)/t13-/m1/s1. The number of benzene rings is 1. The maximum absolute atomic E-state index is 13.0. The molecule has 6 nitrogen and oxygen atoms in total. The molecule has 1 aliphatic carbocycles. The van der Waals surface area contributed by atoms with E-state index in [1.54, 1.807) is 0 Å². The molecule has 2 aliphatic rings. The Balaban J connectivity index is 1.39. The largest absolute Gasteiger partial charge is 0.342 e. The predicted molar refractivity (Wildman–Crippen MR) is 100 cm³/mol. The van der Waals surface area contributed by atoms with Gasteiger partial charge in [-0.2, -0.15) is 0 Å². The Morgan fingerprint density at radius 2 is 1.89 bits per heavy atom. The van der Waals surface area contributed by atoms with E-state index >= 15 is 0 Å². The zero-order valence-corrected chi connectivity index (χ0v) is 15.7. The Bertz CT molecular complexity index is 834. The van der Waals surface area contributed by atoms with Gasteiger partial charge in [0.05, 0.1) is 0 Å². The summed E-state index contributed by atoms with van der Waals surface area (Å²) in [6.45, 7) is 1.46. The minimum Gasteiger partial charge on any atom is -0.342 e. The van der Waals surface area contributed by atoms with Crippen LogP contribution in [0.15, 0.2) is 24.3 Å². The molecular weight excluding hydrogens is 367 g/mol. The van der Waals surface area contributed by atoms with Gasteiger partial charge in [-0.3, -0.25) is 9.59 Å². The average molecular weight is 388 g/mol. The molecule has 2 fully saturated rings. The molecule has 2 amide bonds. The van der Waals surface area contributed by atoms with Crippen LogP contribution in [0, 0.1) is 11.7 Å². The number of rotatable bonds is 4. The second kappa shape index (κ2) is 7.72. The molecule has 4 rings (SSSR count). The third-order valence-corrected chi connectivity index (χ3v) is 6.36. The SMILES string of the molecule is O=C(Nc1ccc(F)cc1)c1nnc([C@@H]2CCCN(C(=O)C3CCC3)C2)s1. The van der Waals surface area contributed by atoms with Gasteiger partial charge in [-0.15, -0.1) is 10.2 Å². The first-order chi connectivity index (χ1) is 13.1. The molecule has 0 spiro atoms. The average Bonchev–Trinajstić information content (AvgIpc) is 3.13. The summed E-state index contributed by atoms with van der Waals surface area (Å²) in [4.78, 5) is 26.8. The maximum Gasteiger partial charge on any atom is 0.286 e. The van der Waals surface area contributed by atoms with Crippen molar-refractivity contribution in [3.8, 4) is 0 Å². The van der Waals surface area contributed by atoms with E-state index in [0.717, 1.165) is 43.7 Å². The molecule has 0 radical (unpaired) electrons. The summed E-state index contributed by atoms with van der Waals surface area (Å²) in [5.41, 5.74) is 0.507. The molecule has 1 aromatic heterocycles. The van der Waals surface area contributed by atoms with Crippen molar-refractivity contribution in [1.29, 1.82) is 0 Å². The zero-order valence-electron chi connectivity index (χ0n) is 14.9. The predicted octanol–water partition coefficient (Wildman–Crippen LogP) is 3.44. The van der Waals surface area contributed by atoms with Gasteiger partial charge in [0.25, 0.3) is 5.91 Å². The topological polar surface area (TPSA) is 75.2 Å². The molecule has 1 N–H and O–H groups in total. The summed E-state index contributed by atoms with van der Waals surface area (Å²) < 4.78 is 13.0.